The third-order valence-electron chi connectivity index (χ3n) is 3.07. The van der Waals surface area contributed by atoms with Gasteiger partial charge < -0.3 is 15.7 Å². The first-order valence-electron chi connectivity index (χ1n) is 5.58. The molecule has 4 nitrogen and oxygen atoms in total. The van der Waals surface area contributed by atoms with E-state index >= 15 is 0 Å². The van der Waals surface area contributed by atoms with Crippen molar-refractivity contribution in [2.45, 2.75) is 6.92 Å². The van der Waals surface area contributed by atoms with Crippen LogP contribution in [0, 0.1) is 11.8 Å². The van der Waals surface area contributed by atoms with E-state index in [4.69, 9.17) is 0 Å². The summed E-state index contributed by atoms with van der Waals surface area (Å²) in [6.07, 6.45) is 0. The minimum Gasteiger partial charge on any atom is -0.506 e. The van der Waals surface area contributed by atoms with Gasteiger partial charge in [-0.3, -0.25) is 4.79 Å². The Bertz CT molecular complexity index is 437. The van der Waals surface area contributed by atoms with E-state index in [0.29, 0.717) is 18.2 Å². The number of hydrogen-bond acceptors (Lipinski definition) is 3. The molecule has 0 radical (unpaired) electrons. The van der Waals surface area contributed by atoms with Gasteiger partial charge in [0.2, 0.25) is 5.91 Å². The Kier molecular flexibility index (Phi) is 3.69. The van der Waals surface area contributed by atoms with Gasteiger partial charge in [-0.05, 0) is 30.7 Å². The van der Waals surface area contributed by atoms with Gasteiger partial charge in [0.05, 0.1) is 11.6 Å². The van der Waals surface area contributed by atoms with E-state index in [9.17, 15) is 9.90 Å². The van der Waals surface area contributed by atoms with Crippen LogP contribution in [0.3, 0.4) is 0 Å². The fourth-order valence-electron chi connectivity index (χ4n) is 1.99. The maximum atomic E-state index is 12.0. The molecular weight excluding hydrogens is 284 g/mol. The second-order valence-corrected chi connectivity index (χ2v) is 5.31. The standard InChI is InChI=1S/C12H15BrN2O2/c1-7-5-14-6-9(7)12(17)15-10-4-8(13)2-3-11(10)16/h2-4,7,9,14,16H,5-6H2,1H3,(H,15,17)/t7-,9-/m1/s1. The lowest BCUT2D eigenvalue weighted by molar-refractivity contribution is -0.120. The molecule has 2 rings (SSSR count). The largest absolute Gasteiger partial charge is 0.506 e. The van der Waals surface area contributed by atoms with Gasteiger partial charge in [-0.2, -0.15) is 0 Å². The molecule has 92 valence electrons. The van der Waals surface area contributed by atoms with Crippen molar-refractivity contribution in [2.24, 2.45) is 11.8 Å². The second kappa shape index (κ2) is 5.06. The van der Waals surface area contributed by atoms with Crippen LogP contribution in [0.1, 0.15) is 6.92 Å². The molecule has 1 heterocycles. The number of hydrogen-bond donors (Lipinski definition) is 3. The number of carbonyl (C=O) groups excluding carboxylic acids is 1. The first-order valence-corrected chi connectivity index (χ1v) is 6.37. The van der Waals surface area contributed by atoms with Gasteiger partial charge in [0.25, 0.3) is 0 Å². The summed E-state index contributed by atoms with van der Waals surface area (Å²) in [6.45, 7) is 3.61. The Morgan fingerprint density at radius 1 is 1.53 bits per heavy atom. The summed E-state index contributed by atoms with van der Waals surface area (Å²) >= 11 is 3.31. The van der Waals surface area contributed by atoms with Crippen molar-refractivity contribution in [1.82, 2.24) is 5.32 Å². The Morgan fingerprint density at radius 2 is 2.29 bits per heavy atom. The fraction of sp³-hybridized carbons (Fsp3) is 0.417. The summed E-state index contributed by atoms with van der Waals surface area (Å²) in [5.41, 5.74) is 0.448. The van der Waals surface area contributed by atoms with Crippen molar-refractivity contribution in [3.63, 3.8) is 0 Å². The maximum absolute atomic E-state index is 12.0. The Hall–Kier alpha value is -1.07. The summed E-state index contributed by atoms with van der Waals surface area (Å²) in [6, 6.07) is 4.97. The molecule has 1 fully saturated rings. The highest BCUT2D eigenvalue weighted by molar-refractivity contribution is 9.10. The van der Waals surface area contributed by atoms with Gasteiger partial charge in [0.15, 0.2) is 0 Å². The molecule has 1 amide bonds. The number of anilines is 1. The number of phenols is 1. The van der Waals surface area contributed by atoms with Gasteiger partial charge in [-0.15, -0.1) is 0 Å². The minimum absolute atomic E-state index is 0.0339. The normalized spacial score (nSPS) is 23.6. The Balaban J connectivity index is 2.10. The molecule has 2 atom stereocenters. The smallest absolute Gasteiger partial charge is 0.229 e. The molecule has 1 saturated heterocycles. The van der Waals surface area contributed by atoms with Crippen LogP contribution in [0.25, 0.3) is 0 Å². The summed E-state index contributed by atoms with van der Waals surface area (Å²) in [7, 11) is 0. The zero-order chi connectivity index (χ0) is 12.4. The molecule has 1 aromatic carbocycles. The van der Waals surface area contributed by atoms with Crippen molar-refractivity contribution in [3.8, 4) is 5.75 Å². The number of carbonyl (C=O) groups is 1. The molecule has 0 spiro atoms. The molecule has 1 aliphatic heterocycles. The van der Waals surface area contributed by atoms with Crippen molar-refractivity contribution in [1.29, 1.82) is 0 Å². The average molecular weight is 299 g/mol. The zero-order valence-corrected chi connectivity index (χ0v) is 11.1. The van der Waals surface area contributed by atoms with Crippen molar-refractivity contribution in [2.75, 3.05) is 18.4 Å². The van der Waals surface area contributed by atoms with Crippen LogP contribution in [0.5, 0.6) is 5.75 Å². The summed E-state index contributed by atoms with van der Waals surface area (Å²) < 4.78 is 0.822. The van der Waals surface area contributed by atoms with Gasteiger partial charge in [-0.25, -0.2) is 0 Å². The molecule has 0 aliphatic carbocycles. The molecule has 1 aliphatic rings. The van der Waals surface area contributed by atoms with E-state index in [2.05, 4.69) is 26.6 Å². The minimum atomic E-state index is -0.0455. The molecule has 5 heteroatoms. The lowest BCUT2D eigenvalue weighted by Gasteiger charge is -2.15. The van der Waals surface area contributed by atoms with Gasteiger partial charge in [0.1, 0.15) is 5.75 Å². The number of aromatic hydroxyl groups is 1. The third kappa shape index (κ3) is 2.79. The van der Waals surface area contributed by atoms with Crippen LogP contribution < -0.4 is 10.6 Å². The maximum Gasteiger partial charge on any atom is 0.229 e. The Morgan fingerprint density at radius 3 is 2.94 bits per heavy atom. The predicted molar refractivity (Wildman–Crippen MR) is 70.0 cm³/mol. The van der Waals surface area contributed by atoms with E-state index in [1.165, 1.54) is 0 Å². The number of rotatable bonds is 2. The first kappa shape index (κ1) is 12.4. The van der Waals surface area contributed by atoms with Gasteiger partial charge in [0, 0.05) is 11.0 Å². The SMILES string of the molecule is C[C@@H]1CNC[C@H]1C(=O)Nc1cc(Br)ccc1O. The fourth-order valence-corrected chi connectivity index (χ4v) is 2.36. The van der Waals surface area contributed by atoms with Gasteiger partial charge in [-0.1, -0.05) is 22.9 Å². The lowest BCUT2D eigenvalue weighted by Crippen LogP contribution is -2.27. The molecule has 1 aromatic rings. The highest BCUT2D eigenvalue weighted by Gasteiger charge is 2.29. The van der Waals surface area contributed by atoms with Crippen LogP contribution in [-0.2, 0) is 4.79 Å². The molecular formula is C12H15BrN2O2. The van der Waals surface area contributed by atoms with E-state index in [1.807, 2.05) is 6.92 Å². The van der Waals surface area contributed by atoms with E-state index < -0.39 is 0 Å². The number of halogens is 1. The summed E-state index contributed by atoms with van der Waals surface area (Å²) in [5.74, 6) is 0.328. The molecule has 0 saturated carbocycles. The Labute approximate surface area is 109 Å². The van der Waals surface area contributed by atoms with Crippen LogP contribution in [0.4, 0.5) is 5.69 Å². The third-order valence-corrected chi connectivity index (χ3v) is 3.56. The molecule has 0 aromatic heterocycles. The van der Waals surface area contributed by atoms with Crippen LogP contribution in [0.2, 0.25) is 0 Å². The van der Waals surface area contributed by atoms with Crippen molar-refractivity contribution in [3.05, 3.63) is 22.7 Å². The van der Waals surface area contributed by atoms with Gasteiger partial charge >= 0.3 is 0 Å². The van der Waals surface area contributed by atoms with E-state index in [-0.39, 0.29) is 17.6 Å². The summed E-state index contributed by atoms with van der Waals surface area (Å²) in [4.78, 5) is 12.0. The lowest BCUT2D eigenvalue weighted by atomic mass is 9.97. The van der Waals surface area contributed by atoms with Crippen molar-refractivity contribution >= 4 is 27.5 Å². The molecule has 0 unspecified atom stereocenters. The van der Waals surface area contributed by atoms with E-state index in [0.717, 1.165) is 11.0 Å². The van der Waals surface area contributed by atoms with E-state index in [1.54, 1.807) is 18.2 Å². The van der Waals surface area contributed by atoms with Crippen LogP contribution in [-0.4, -0.2) is 24.1 Å². The monoisotopic (exact) mass is 298 g/mol. The molecule has 0 bridgehead atoms. The van der Waals surface area contributed by atoms with Crippen molar-refractivity contribution < 1.29 is 9.90 Å². The topological polar surface area (TPSA) is 61.4 Å². The quantitative estimate of drug-likeness (QED) is 0.732. The number of benzene rings is 1. The molecule has 17 heavy (non-hydrogen) atoms. The van der Waals surface area contributed by atoms with Crippen LogP contribution >= 0.6 is 15.9 Å². The molecule has 3 N–H and O–H groups in total. The highest BCUT2D eigenvalue weighted by atomic mass is 79.9. The first-order chi connectivity index (χ1) is 8.08. The summed E-state index contributed by atoms with van der Waals surface area (Å²) in [5, 5.41) is 15.6. The zero-order valence-electron chi connectivity index (χ0n) is 9.53. The average Bonchev–Trinajstić information content (AvgIpc) is 2.70. The predicted octanol–water partition coefficient (Wildman–Crippen LogP) is 1.95. The number of amides is 1. The second-order valence-electron chi connectivity index (χ2n) is 4.39. The highest BCUT2D eigenvalue weighted by Crippen LogP contribution is 2.28. The number of nitrogens with one attached hydrogen (secondary N) is 2. The van der Waals surface area contributed by atoms with Crippen LogP contribution in [0.15, 0.2) is 22.7 Å². The number of phenolic OH excluding ortho intramolecular Hbond substituents is 1.